The number of benzene rings is 1. The lowest BCUT2D eigenvalue weighted by Gasteiger charge is -2.12. The number of hydrazine groups is 1. The Morgan fingerprint density at radius 1 is 1.54 bits per heavy atom. The second-order valence-electron chi connectivity index (χ2n) is 3.14. The van der Waals surface area contributed by atoms with Crippen molar-refractivity contribution in [2.24, 2.45) is 5.84 Å². The van der Waals surface area contributed by atoms with E-state index in [-0.39, 0.29) is 6.04 Å². The zero-order valence-corrected chi connectivity index (χ0v) is 7.96. The Hall–Kier alpha value is -1.12. The van der Waals surface area contributed by atoms with Crippen LogP contribution in [0.25, 0.3) is 0 Å². The minimum atomic E-state index is 0.154. The van der Waals surface area contributed by atoms with Gasteiger partial charge in [-0.2, -0.15) is 0 Å². The fraction of sp³-hybridized carbons (Fsp3) is 0.273. The highest BCUT2D eigenvalue weighted by molar-refractivity contribution is 5.26. The molecular formula is C11H16N2. The molecule has 1 unspecified atom stereocenters. The van der Waals surface area contributed by atoms with Gasteiger partial charge < -0.3 is 0 Å². The first kappa shape index (κ1) is 9.96. The quantitative estimate of drug-likeness (QED) is 0.415. The first-order chi connectivity index (χ1) is 6.27. The van der Waals surface area contributed by atoms with Crippen molar-refractivity contribution >= 4 is 0 Å². The molecule has 0 spiro atoms. The third kappa shape index (κ3) is 2.68. The van der Waals surface area contributed by atoms with Crippen molar-refractivity contribution < 1.29 is 0 Å². The number of hydrogen-bond donors (Lipinski definition) is 2. The molecule has 70 valence electrons. The molecule has 13 heavy (non-hydrogen) atoms. The molecule has 0 saturated carbocycles. The van der Waals surface area contributed by atoms with Crippen LogP contribution >= 0.6 is 0 Å². The lowest BCUT2D eigenvalue weighted by Crippen LogP contribution is -2.35. The summed E-state index contributed by atoms with van der Waals surface area (Å²) in [6.07, 6.45) is 2.72. The Bertz CT molecular complexity index is 281. The zero-order valence-electron chi connectivity index (χ0n) is 7.96. The van der Waals surface area contributed by atoms with Gasteiger partial charge in [0, 0.05) is 6.04 Å². The largest absolute Gasteiger partial charge is 0.271 e. The van der Waals surface area contributed by atoms with Crippen LogP contribution in [0, 0.1) is 6.92 Å². The Morgan fingerprint density at radius 3 is 2.77 bits per heavy atom. The third-order valence-corrected chi connectivity index (χ3v) is 2.20. The first-order valence-electron chi connectivity index (χ1n) is 4.41. The highest BCUT2D eigenvalue weighted by Crippen LogP contribution is 2.09. The van der Waals surface area contributed by atoms with E-state index in [1.165, 1.54) is 11.1 Å². The topological polar surface area (TPSA) is 38.0 Å². The van der Waals surface area contributed by atoms with Gasteiger partial charge in [-0.25, -0.2) is 0 Å². The molecule has 0 fully saturated rings. The molecule has 2 heteroatoms. The SMILES string of the molecule is C=CC(Cc1ccccc1C)NN. The van der Waals surface area contributed by atoms with Gasteiger partial charge >= 0.3 is 0 Å². The van der Waals surface area contributed by atoms with Crippen molar-refractivity contribution in [3.8, 4) is 0 Å². The summed E-state index contributed by atoms with van der Waals surface area (Å²) in [4.78, 5) is 0. The first-order valence-corrected chi connectivity index (χ1v) is 4.41. The van der Waals surface area contributed by atoms with E-state index in [1.54, 1.807) is 0 Å². The molecule has 0 bridgehead atoms. The molecule has 1 aromatic rings. The fourth-order valence-corrected chi connectivity index (χ4v) is 1.29. The molecule has 0 aliphatic rings. The van der Waals surface area contributed by atoms with Gasteiger partial charge in [-0.05, 0) is 24.5 Å². The fourth-order valence-electron chi connectivity index (χ4n) is 1.29. The predicted octanol–water partition coefficient (Wildman–Crippen LogP) is 1.56. The smallest absolute Gasteiger partial charge is 0.0428 e. The number of hydrogen-bond acceptors (Lipinski definition) is 2. The minimum Gasteiger partial charge on any atom is -0.271 e. The lowest BCUT2D eigenvalue weighted by molar-refractivity contribution is 0.616. The van der Waals surface area contributed by atoms with Gasteiger partial charge in [-0.1, -0.05) is 30.3 Å². The Morgan fingerprint density at radius 2 is 2.23 bits per heavy atom. The van der Waals surface area contributed by atoms with Gasteiger partial charge in [-0.15, -0.1) is 6.58 Å². The van der Waals surface area contributed by atoms with Gasteiger partial charge in [0.25, 0.3) is 0 Å². The summed E-state index contributed by atoms with van der Waals surface area (Å²) in [6.45, 7) is 5.82. The average Bonchev–Trinajstić information content (AvgIpc) is 2.17. The van der Waals surface area contributed by atoms with Crippen molar-refractivity contribution in [3.63, 3.8) is 0 Å². The summed E-state index contributed by atoms with van der Waals surface area (Å²) in [5.74, 6) is 5.36. The molecule has 0 aromatic heterocycles. The average molecular weight is 176 g/mol. The standard InChI is InChI=1S/C11H16N2/c1-3-11(13-12)8-10-7-5-4-6-9(10)2/h3-7,11,13H,1,8,12H2,2H3. The highest BCUT2D eigenvalue weighted by Gasteiger charge is 2.03. The van der Waals surface area contributed by atoms with Crippen LogP contribution in [-0.2, 0) is 6.42 Å². The molecule has 0 aliphatic carbocycles. The molecular weight excluding hydrogens is 160 g/mol. The van der Waals surface area contributed by atoms with Crippen LogP contribution in [-0.4, -0.2) is 6.04 Å². The molecule has 1 aromatic carbocycles. The van der Waals surface area contributed by atoms with Crippen LogP contribution in [0.2, 0.25) is 0 Å². The molecule has 3 N–H and O–H groups in total. The van der Waals surface area contributed by atoms with Crippen LogP contribution in [0.4, 0.5) is 0 Å². The van der Waals surface area contributed by atoms with Gasteiger partial charge in [0.15, 0.2) is 0 Å². The number of rotatable bonds is 4. The maximum Gasteiger partial charge on any atom is 0.0428 e. The molecule has 0 aliphatic heterocycles. The predicted molar refractivity (Wildman–Crippen MR) is 56.2 cm³/mol. The summed E-state index contributed by atoms with van der Waals surface area (Å²) < 4.78 is 0. The summed E-state index contributed by atoms with van der Waals surface area (Å²) >= 11 is 0. The van der Waals surface area contributed by atoms with Crippen LogP contribution in [0.15, 0.2) is 36.9 Å². The van der Waals surface area contributed by atoms with Gasteiger partial charge in [-0.3, -0.25) is 11.3 Å². The van der Waals surface area contributed by atoms with E-state index >= 15 is 0 Å². The summed E-state index contributed by atoms with van der Waals surface area (Å²) in [5.41, 5.74) is 5.32. The monoisotopic (exact) mass is 176 g/mol. The van der Waals surface area contributed by atoms with Crippen molar-refractivity contribution in [2.75, 3.05) is 0 Å². The number of nitrogens with one attached hydrogen (secondary N) is 1. The Labute approximate surface area is 79.4 Å². The summed E-state index contributed by atoms with van der Waals surface area (Å²) in [5, 5.41) is 0. The van der Waals surface area contributed by atoms with E-state index in [0.29, 0.717) is 0 Å². The van der Waals surface area contributed by atoms with E-state index < -0.39 is 0 Å². The Kier molecular flexibility index (Phi) is 3.68. The second-order valence-corrected chi connectivity index (χ2v) is 3.14. The van der Waals surface area contributed by atoms with E-state index in [0.717, 1.165) is 6.42 Å². The Balaban J connectivity index is 2.73. The number of aryl methyl sites for hydroxylation is 1. The van der Waals surface area contributed by atoms with Crippen molar-refractivity contribution in [1.29, 1.82) is 0 Å². The van der Waals surface area contributed by atoms with E-state index in [4.69, 9.17) is 5.84 Å². The molecule has 1 rings (SSSR count). The maximum absolute atomic E-state index is 5.36. The molecule has 2 nitrogen and oxygen atoms in total. The van der Waals surface area contributed by atoms with Gasteiger partial charge in [0.1, 0.15) is 0 Å². The molecule has 0 saturated heterocycles. The van der Waals surface area contributed by atoms with Crippen molar-refractivity contribution in [1.82, 2.24) is 5.43 Å². The molecule has 0 amide bonds. The molecule has 0 heterocycles. The maximum atomic E-state index is 5.36. The lowest BCUT2D eigenvalue weighted by atomic mass is 10.0. The van der Waals surface area contributed by atoms with Crippen molar-refractivity contribution in [2.45, 2.75) is 19.4 Å². The summed E-state index contributed by atoms with van der Waals surface area (Å²) in [6, 6.07) is 8.45. The number of nitrogens with two attached hydrogens (primary N) is 1. The van der Waals surface area contributed by atoms with Crippen LogP contribution in [0.3, 0.4) is 0 Å². The summed E-state index contributed by atoms with van der Waals surface area (Å²) in [7, 11) is 0. The highest BCUT2D eigenvalue weighted by atomic mass is 15.2. The van der Waals surface area contributed by atoms with Crippen LogP contribution in [0.5, 0.6) is 0 Å². The van der Waals surface area contributed by atoms with E-state index in [2.05, 4.69) is 31.1 Å². The van der Waals surface area contributed by atoms with Gasteiger partial charge in [0.05, 0.1) is 0 Å². The molecule has 0 radical (unpaired) electrons. The normalized spacial score (nSPS) is 12.5. The van der Waals surface area contributed by atoms with E-state index in [1.807, 2.05) is 18.2 Å². The van der Waals surface area contributed by atoms with Crippen LogP contribution < -0.4 is 11.3 Å². The second kappa shape index (κ2) is 4.80. The zero-order chi connectivity index (χ0) is 9.68. The van der Waals surface area contributed by atoms with Crippen molar-refractivity contribution in [3.05, 3.63) is 48.0 Å². The van der Waals surface area contributed by atoms with Gasteiger partial charge in [0.2, 0.25) is 0 Å². The minimum absolute atomic E-state index is 0.154. The third-order valence-electron chi connectivity index (χ3n) is 2.20. The molecule has 1 atom stereocenters. The van der Waals surface area contributed by atoms with E-state index in [9.17, 15) is 0 Å². The van der Waals surface area contributed by atoms with Crippen LogP contribution in [0.1, 0.15) is 11.1 Å².